The minimum atomic E-state index is 0.0427. The summed E-state index contributed by atoms with van der Waals surface area (Å²) >= 11 is 0. The summed E-state index contributed by atoms with van der Waals surface area (Å²) in [5.74, 6) is 0.0854. The van der Waals surface area contributed by atoms with Crippen molar-refractivity contribution in [3.05, 3.63) is 0 Å². The zero-order valence-corrected chi connectivity index (χ0v) is 17.4. The highest BCUT2D eigenvalue weighted by molar-refractivity contribution is 5.77. The van der Waals surface area contributed by atoms with Crippen LogP contribution in [0.5, 0.6) is 0 Å². The number of carbonyl (C=O) groups excluding carboxylic acids is 2. The van der Waals surface area contributed by atoms with Crippen LogP contribution in [0.2, 0.25) is 0 Å². The first-order chi connectivity index (χ1) is 12.5. The summed E-state index contributed by atoms with van der Waals surface area (Å²) in [5.41, 5.74) is 0. The van der Waals surface area contributed by atoms with Gasteiger partial charge in [-0.05, 0) is 27.7 Å². The second kappa shape index (κ2) is 20.1. The molecule has 8 heteroatoms. The Morgan fingerprint density at radius 3 is 1.15 bits per heavy atom. The molecule has 2 amide bonds. The first-order valence-electron chi connectivity index (χ1n) is 9.20. The summed E-state index contributed by atoms with van der Waals surface area (Å²) < 4.78 is 19.8. The zero-order chi connectivity index (χ0) is 20.2. The fourth-order valence-corrected chi connectivity index (χ4v) is 1.94. The van der Waals surface area contributed by atoms with Crippen LogP contribution in [0.25, 0.3) is 0 Å². The van der Waals surface area contributed by atoms with E-state index in [4.69, 9.17) is 18.9 Å². The molecule has 0 heterocycles. The van der Waals surface area contributed by atoms with Crippen LogP contribution in [0, 0.1) is 0 Å². The SMILES string of the molecule is CCN(CC)C(=O)COCCOC.CCN(CC)C(=O)COCCOC. The minimum Gasteiger partial charge on any atom is -0.382 e. The molecule has 0 rings (SSSR count). The monoisotopic (exact) mass is 378 g/mol. The summed E-state index contributed by atoms with van der Waals surface area (Å²) in [6.45, 7) is 13.1. The van der Waals surface area contributed by atoms with Crippen LogP contribution in [0.3, 0.4) is 0 Å². The molecule has 0 unspecified atom stereocenters. The molecular formula is C18H38N2O6. The van der Waals surface area contributed by atoms with Gasteiger partial charge in [0.05, 0.1) is 26.4 Å². The highest BCUT2D eigenvalue weighted by atomic mass is 16.5. The van der Waals surface area contributed by atoms with Gasteiger partial charge >= 0.3 is 0 Å². The van der Waals surface area contributed by atoms with E-state index in [0.717, 1.165) is 26.2 Å². The van der Waals surface area contributed by atoms with E-state index in [1.165, 1.54) is 0 Å². The molecule has 0 atom stereocenters. The number of likely N-dealkylation sites (N-methyl/N-ethyl adjacent to an activating group) is 2. The van der Waals surface area contributed by atoms with Crippen molar-refractivity contribution >= 4 is 11.8 Å². The van der Waals surface area contributed by atoms with Crippen LogP contribution in [0.15, 0.2) is 0 Å². The molecule has 0 saturated carbocycles. The van der Waals surface area contributed by atoms with Gasteiger partial charge in [-0.3, -0.25) is 9.59 Å². The highest BCUT2D eigenvalue weighted by Gasteiger charge is 2.09. The molecular weight excluding hydrogens is 340 g/mol. The number of hydrogen-bond donors (Lipinski definition) is 0. The lowest BCUT2D eigenvalue weighted by Gasteiger charge is -2.18. The summed E-state index contributed by atoms with van der Waals surface area (Å²) in [4.78, 5) is 26.1. The molecule has 0 aliphatic carbocycles. The topological polar surface area (TPSA) is 77.5 Å². The maximum absolute atomic E-state index is 11.3. The van der Waals surface area contributed by atoms with Gasteiger partial charge in [0.25, 0.3) is 0 Å². The van der Waals surface area contributed by atoms with Gasteiger partial charge in [0.15, 0.2) is 0 Å². The smallest absolute Gasteiger partial charge is 0.248 e. The number of rotatable bonds is 14. The third-order valence-electron chi connectivity index (χ3n) is 3.55. The first-order valence-corrected chi connectivity index (χ1v) is 9.20. The largest absolute Gasteiger partial charge is 0.382 e. The van der Waals surface area contributed by atoms with Crippen molar-refractivity contribution in [2.45, 2.75) is 27.7 Å². The quantitative estimate of drug-likeness (QED) is 0.420. The molecule has 156 valence electrons. The number of carbonyl (C=O) groups is 2. The van der Waals surface area contributed by atoms with Crippen molar-refractivity contribution in [2.24, 2.45) is 0 Å². The van der Waals surface area contributed by atoms with Gasteiger partial charge in [-0.25, -0.2) is 0 Å². The lowest BCUT2D eigenvalue weighted by Crippen LogP contribution is -2.33. The standard InChI is InChI=1S/2C9H19NO3/c2*1-4-10(5-2)9(11)8-13-7-6-12-3/h2*4-8H2,1-3H3. The van der Waals surface area contributed by atoms with Crippen LogP contribution >= 0.6 is 0 Å². The molecule has 0 bridgehead atoms. The Morgan fingerprint density at radius 2 is 0.923 bits per heavy atom. The Bertz CT molecular complexity index is 302. The van der Waals surface area contributed by atoms with Crippen molar-refractivity contribution in [3.8, 4) is 0 Å². The number of amides is 2. The van der Waals surface area contributed by atoms with Gasteiger partial charge in [0.2, 0.25) is 11.8 Å². The maximum Gasteiger partial charge on any atom is 0.248 e. The fraction of sp³-hybridized carbons (Fsp3) is 0.889. The number of hydrogen-bond acceptors (Lipinski definition) is 6. The molecule has 0 aliphatic heterocycles. The van der Waals surface area contributed by atoms with Crippen molar-refractivity contribution < 1.29 is 28.5 Å². The van der Waals surface area contributed by atoms with E-state index < -0.39 is 0 Å². The molecule has 0 N–H and O–H groups in total. The van der Waals surface area contributed by atoms with E-state index in [2.05, 4.69) is 0 Å². The average molecular weight is 379 g/mol. The Labute approximate surface area is 158 Å². The molecule has 0 saturated heterocycles. The second-order valence-corrected chi connectivity index (χ2v) is 5.22. The Balaban J connectivity index is 0. The van der Waals surface area contributed by atoms with Crippen LogP contribution in [-0.4, -0.2) is 102 Å². The predicted octanol–water partition coefficient (Wildman–Crippen LogP) is 1.04. The summed E-state index contributed by atoms with van der Waals surface area (Å²) in [6, 6.07) is 0. The van der Waals surface area contributed by atoms with E-state index >= 15 is 0 Å². The van der Waals surface area contributed by atoms with E-state index in [9.17, 15) is 9.59 Å². The van der Waals surface area contributed by atoms with E-state index in [1.54, 1.807) is 24.0 Å². The van der Waals surface area contributed by atoms with Crippen LogP contribution in [0.1, 0.15) is 27.7 Å². The molecule has 0 aliphatic rings. The Hall–Kier alpha value is -1.22. The van der Waals surface area contributed by atoms with Gasteiger partial charge in [0.1, 0.15) is 13.2 Å². The maximum atomic E-state index is 11.3. The van der Waals surface area contributed by atoms with Gasteiger partial charge in [-0.1, -0.05) is 0 Å². The third kappa shape index (κ3) is 15.1. The average Bonchev–Trinajstić information content (AvgIpc) is 2.65. The molecule has 0 aromatic rings. The molecule has 0 aromatic heterocycles. The Kier molecular flexibility index (Phi) is 20.9. The highest BCUT2D eigenvalue weighted by Crippen LogP contribution is 1.90. The zero-order valence-electron chi connectivity index (χ0n) is 17.4. The van der Waals surface area contributed by atoms with Crippen LogP contribution in [-0.2, 0) is 28.5 Å². The molecule has 8 nitrogen and oxygen atoms in total. The van der Waals surface area contributed by atoms with Crippen LogP contribution in [0.4, 0.5) is 0 Å². The predicted molar refractivity (Wildman–Crippen MR) is 101 cm³/mol. The number of ether oxygens (including phenoxy) is 4. The molecule has 26 heavy (non-hydrogen) atoms. The number of methoxy groups -OCH3 is 2. The minimum absolute atomic E-state index is 0.0427. The van der Waals surface area contributed by atoms with Gasteiger partial charge in [-0.15, -0.1) is 0 Å². The molecule has 0 spiro atoms. The fourth-order valence-electron chi connectivity index (χ4n) is 1.94. The second-order valence-electron chi connectivity index (χ2n) is 5.22. The lowest BCUT2D eigenvalue weighted by atomic mass is 10.5. The normalized spacial score (nSPS) is 10.1. The summed E-state index contributed by atoms with van der Waals surface area (Å²) in [5, 5.41) is 0. The van der Waals surface area contributed by atoms with E-state index in [1.807, 2.05) is 27.7 Å². The lowest BCUT2D eigenvalue weighted by molar-refractivity contribution is -0.136. The summed E-state index contributed by atoms with van der Waals surface area (Å²) in [7, 11) is 3.21. The Morgan fingerprint density at radius 1 is 0.615 bits per heavy atom. The van der Waals surface area contributed by atoms with Crippen molar-refractivity contribution in [2.75, 3.05) is 80.0 Å². The van der Waals surface area contributed by atoms with Crippen molar-refractivity contribution in [3.63, 3.8) is 0 Å². The molecule has 0 aromatic carbocycles. The van der Waals surface area contributed by atoms with E-state index in [-0.39, 0.29) is 25.0 Å². The van der Waals surface area contributed by atoms with Crippen molar-refractivity contribution in [1.82, 2.24) is 9.80 Å². The van der Waals surface area contributed by atoms with Gasteiger partial charge in [-0.2, -0.15) is 0 Å². The first kappa shape index (κ1) is 27.0. The number of nitrogens with zero attached hydrogens (tertiary/aromatic N) is 2. The molecule has 0 radical (unpaired) electrons. The van der Waals surface area contributed by atoms with Crippen LogP contribution < -0.4 is 0 Å². The third-order valence-corrected chi connectivity index (χ3v) is 3.55. The van der Waals surface area contributed by atoms with E-state index in [0.29, 0.717) is 26.4 Å². The van der Waals surface area contributed by atoms with Crippen molar-refractivity contribution in [1.29, 1.82) is 0 Å². The molecule has 0 fully saturated rings. The van der Waals surface area contributed by atoms with Gasteiger partial charge in [0, 0.05) is 40.4 Å². The summed E-state index contributed by atoms with van der Waals surface area (Å²) in [6.07, 6.45) is 0. The van der Waals surface area contributed by atoms with Gasteiger partial charge < -0.3 is 28.7 Å².